The maximum atomic E-state index is 12.4. The van der Waals surface area contributed by atoms with Crippen molar-refractivity contribution in [2.75, 3.05) is 26.3 Å². The van der Waals surface area contributed by atoms with Crippen molar-refractivity contribution in [1.82, 2.24) is 10.2 Å². The smallest absolute Gasteiger partial charge is 0.0906 e. The zero-order valence-electron chi connectivity index (χ0n) is 11.8. The molecule has 0 amide bonds. The van der Waals surface area contributed by atoms with Gasteiger partial charge in [-0.2, -0.15) is 0 Å². The van der Waals surface area contributed by atoms with Crippen LogP contribution in [0.15, 0.2) is 0 Å². The van der Waals surface area contributed by atoms with Gasteiger partial charge in [0, 0.05) is 31.7 Å². The summed E-state index contributed by atoms with van der Waals surface area (Å²) < 4.78 is 12.4. The second-order valence-electron chi connectivity index (χ2n) is 6.01. The molecule has 0 aromatic rings. The Kier molecular flexibility index (Phi) is 5.90. The van der Waals surface area contributed by atoms with Gasteiger partial charge in [0.1, 0.15) is 0 Å². The molecule has 2 unspecified atom stereocenters. The third-order valence-corrected chi connectivity index (χ3v) is 4.83. The molecular formula is C15H29FN2. The summed E-state index contributed by atoms with van der Waals surface area (Å²) >= 11 is 0. The molecule has 2 nitrogen and oxygen atoms in total. The Labute approximate surface area is 111 Å². The Balaban J connectivity index is 1.86. The highest BCUT2D eigenvalue weighted by molar-refractivity contribution is 4.90. The van der Waals surface area contributed by atoms with Gasteiger partial charge in [0.2, 0.25) is 0 Å². The van der Waals surface area contributed by atoms with Gasteiger partial charge in [-0.3, -0.25) is 9.29 Å². The minimum atomic E-state index is -0.172. The average Bonchev–Trinajstić information content (AvgIpc) is 2.45. The van der Waals surface area contributed by atoms with Crippen LogP contribution in [0.25, 0.3) is 0 Å². The predicted octanol–water partition coefficient (Wildman–Crippen LogP) is 2.98. The van der Waals surface area contributed by atoms with Crippen LogP contribution >= 0.6 is 0 Å². The number of nitrogens with one attached hydrogen (secondary N) is 1. The van der Waals surface area contributed by atoms with E-state index in [1.54, 1.807) is 0 Å². The molecule has 1 saturated heterocycles. The molecule has 18 heavy (non-hydrogen) atoms. The number of hydrogen-bond acceptors (Lipinski definition) is 2. The number of alkyl halides is 1. The number of piperazine rings is 1. The number of halogens is 1. The standard InChI is InChI=1S/C15H29FN2/c1-2-14-11-17-15(12-18(14)10-6-9-16)13-7-4-3-5-8-13/h13-15,17H,2-12H2,1H3. The molecule has 1 heterocycles. The molecule has 0 aromatic carbocycles. The van der Waals surface area contributed by atoms with E-state index in [4.69, 9.17) is 0 Å². The fraction of sp³-hybridized carbons (Fsp3) is 1.00. The molecule has 1 saturated carbocycles. The fourth-order valence-corrected chi connectivity index (χ4v) is 3.67. The summed E-state index contributed by atoms with van der Waals surface area (Å²) in [6, 6.07) is 1.28. The Morgan fingerprint density at radius 1 is 1.22 bits per heavy atom. The van der Waals surface area contributed by atoms with E-state index in [2.05, 4.69) is 17.1 Å². The van der Waals surface area contributed by atoms with E-state index in [9.17, 15) is 4.39 Å². The van der Waals surface area contributed by atoms with Crippen molar-refractivity contribution in [3.8, 4) is 0 Å². The van der Waals surface area contributed by atoms with Gasteiger partial charge < -0.3 is 5.32 Å². The number of nitrogens with zero attached hydrogens (tertiary/aromatic N) is 1. The summed E-state index contributed by atoms with van der Waals surface area (Å²) in [5, 5.41) is 3.76. The third kappa shape index (κ3) is 3.67. The van der Waals surface area contributed by atoms with Crippen molar-refractivity contribution in [3.63, 3.8) is 0 Å². The van der Waals surface area contributed by atoms with Crippen molar-refractivity contribution in [2.24, 2.45) is 5.92 Å². The van der Waals surface area contributed by atoms with Gasteiger partial charge >= 0.3 is 0 Å². The van der Waals surface area contributed by atoms with Crippen LogP contribution in [0.4, 0.5) is 4.39 Å². The quantitative estimate of drug-likeness (QED) is 0.813. The zero-order chi connectivity index (χ0) is 12.8. The SMILES string of the molecule is CCC1CNC(C2CCCCC2)CN1CCCF. The van der Waals surface area contributed by atoms with Gasteiger partial charge in [-0.1, -0.05) is 26.2 Å². The predicted molar refractivity (Wildman–Crippen MR) is 74.6 cm³/mol. The number of rotatable bonds is 5. The van der Waals surface area contributed by atoms with E-state index in [-0.39, 0.29) is 6.67 Å². The Bertz CT molecular complexity index is 229. The molecule has 0 radical (unpaired) electrons. The Morgan fingerprint density at radius 3 is 2.67 bits per heavy atom. The van der Waals surface area contributed by atoms with Crippen LogP contribution in [-0.4, -0.2) is 43.3 Å². The van der Waals surface area contributed by atoms with Crippen LogP contribution in [0, 0.1) is 5.92 Å². The molecule has 0 spiro atoms. The fourth-order valence-electron chi connectivity index (χ4n) is 3.67. The lowest BCUT2D eigenvalue weighted by Gasteiger charge is -2.43. The normalized spacial score (nSPS) is 31.7. The second kappa shape index (κ2) is 7.44. The van der Waals surface area contributed by atoms with E-state index in [0.717, 1.165) is 25.6 Å². The maximum absolute atomic E-state index is 12.4. The van der Waals surface area contributed by atoms with Crippen molar-refractivity contribution < 1.29 is 4.39 Å². The zero-order valence-corrected chi connectivity index (χ0v) is 11.8. The van der Waals surface area contributed by atoms with Crippen LogP contribution in [0.1, 0.15) is 51.9 Å². The lowest BCUT2D eigenvalue weighted by atomic mass is 9.82. The van der Waals surface area contributed by atoms with Crippen molar-refractivity contribution in [3.05, 3.63) is 0 Å². The topological polar surface area (TPSA) is 15.3 Å². The van der Waals surface area contributed by atoms with Gasteiger partial charge in [0.05, 0.1) is 6.67 Å². The molecule has 2 aliphatic rings. The van der Waals surface area contributed by atoms with E-state index < -0.39 is 0 Å². The lowest BCUT2D eigenvalue weighted by molar-refractivity contribution is 0.0907. The molecular weight excluding hydrogens is 227 g/mol. The maximum Gasteiger partial charge on any atom is 0.0906 e. The Hall–Kier alpha value is -0.150. The highest BCUT2D eigenvalue weighted by Crippen LogP contribution is 2.28. The molecule has 2 atom stereocenters. The first-order chi connectivity index (χ1) is 8.85. The summed E-state index contributed by atoms with van der Waals surface area (Å²) in [5.41, 5.74) is 0. The van der Waals surface area contributed by atoms with E-state index in [1.165, 1.54) is 38.5 Å². The highest BCUT2D eigenvalue weighted by Gasteiger charge is 2.31. The summed E-state index contributed by atoms with van der Waals surface area (Å²) in [5.74, 6) is 0.865. The molecule has 3 heteroatoms. The van der Waals surface area contributed by atoms with Crippen molar-refractivity contribution in [1.29, 1.82) is 0 Å². The molecule has 0 bridgehead atoms. The summed E-state index contributed by atoms with van der Waals surface area (Å²) in [6.07, 6.45) is 8.91. The Morgan fingerprint density at radius 2 is 2.00 bits per heavy atom. The van der Waals surface area contributed by atoms with Crippen LogP contribution in [0.5, 0.6) is 0 Å². The van der Waals surface area contributed by atoms with Gasteiger partial charge in [0.15, 0.2) is 0 Å². The van der Waals surface area contributed by atoms with Gasteiger partial charge in [-0.25, -0.2) is 0 Å². The number of hydrogen-bond donors (Lipinski definition) is 1. The monoisotopic (exact) mass is 256 g/mol. The van der Waals surface area contributed by atoms with Crippen LogP contribution in [0.3, 0.4) is 0 Å². The molecule has 2 rings (SSSR count). The molecule has 1 aliphatic carbocycles. The van der Waals surface area contributed by atoms with E-state index in [0.29, 0.717) is 18.5 Å². The minimum absolute atomic E-state index is 0.172. The molecule has 2 fully saturated rings. The van der Waals surface area contributed by atoms with Gasteiger partial charge in [0.25, 0.3) is 0 Å². The summed E-state index contributed by atoms with van der Waals surface area (Å²) in [7, 11) is 0. The molecule has 1 N–H and O–H groups in total. The van der Waals surface area contributed by atoms with Crippen LogP contribution < -0.4 is 5.32 Å². The van der Waals surface area contributed by atoms with Crippen LogP contribution in [-0.2, 0) is 0 Å². The van der Waals surface area contributed by atoms with E-state index in [1.807, 2.05) is 0 Å². The summed E-state index contributed by atoms with van der Waals surface area (Å²) in [6.45, 7) is 5.26. The molecule has 0 aromatic heterocycles. The first-order valence-corrected chi connectivity index (χ1v) is 7.88. The second-order valence-corrected chi connectivity index (χ2v) is 6.01. The van der Waals surface area contributed by atoms with Crippen LogP contribution in [0.2, 0.25) is 0 Å². The van der Waals surface area contributed by atoms with E-state index >= 15 is 0 Å². The van der Waals surface area contributed by atoms with Gasteiger partial charge in [-0.15, -0.1) is 0 Å². The lowest BCUT2D eigenvalue weighted by Crippen LogP contribution is -2.58. The minimum Gasteiger partial charge on any atom is -0.311 e. The van der Waals surface area contributed by atoms with Crippen molar-refractivity contribution in [2.45, 2.75) is 64.0 Å². The average molecular weight is 256 g/mol. The molecule has 106 valence electrons. The van der Waals surface area contributed by atoms with Crippen molar-refractivity contribution >= 4 is 0 Å². The largest absolute Gasteiger partial charge is 0.311 e. The highest BCUT2D eigenvalue weighted by atomic mass is 19.1. The third-order valence-electron chi connectivity index (χ3n) is 4.83. The summed E-state index contributed by atoms with van der Waals surface area (Å²) in [4.78, 5) is 2.54. The first kappa shape index (κ1) is 14.3. The van der Waals surface area contributed by atoms with Gasteiger partial charge in [-0.05, 0) is 31.6 Å². The first-order valence-electron chi connectivity index (χ1n) is 7.88. The molecule has 1 aliphatic heterocycles.